The Morgan fingerprint density at radius 1 is 1.43 bits per heavy atom. The molecule has 2 rings (SSSR count). The molecule has 0 aromatic heterocycles. The highest BCUT2D eigenvalue weighted by Gasteiger charge is 2.28. The first-order chi connectivity index (χ1) is 9.89. The average Bonchev–Trinajstić information content (AvgIpc) is 2.46. The van der Waals surface area contributed by atoms with E-state index in [2.05, 4.69) is 12.1 Å². The smallest absolute Gasteiger partial charge is 0.410 e. The van der Waals surface area contributed by atoms with Gasteiger partial charge in [0.1, 0.15) is 5.60 Å². The number of amides is 1. The van der Waals surface area contributed by atoms with Gasteiger partial charge in [-0.3, -0.25) is 0 Å². The summed E-state index contributed by atoms with van der Waals surface area (Å²) >= 11 is 0. The van der Waals surface area contributed by atoms with Crippen LogP contribution in [0.2, 0.25) is 0 Å². The zero-order chi connectivity index (χ0) is 15.5. The van der Waals surface area contributed by atoms with Gasteiger partial charge >= 0.3 is 6.09 Å². The maximum absolute atomic E-state index is 12.2. The number of likely N-dealkylation sites (tertiary alicyclic amines) is 1. The third-order valence-corrected chi connectivity index (χ3v) is 3.73. The fourth-order valence-electron chi connectivity index (χ4n) is 2.72. The van der Waals surface area contributed by atoms with Crippen molar-refractivity contribution in [3.63, 3.8) is 0 Å². The number of nitrogens with two attached hydrogens (primary N) is 1. The quantitative estimate of drug-likeness (QED) is 0.909. The average molecular weight is 290 g/mol. The lowest BCUT2D eigenvalue weighted by Crippen LogP contribution is -2.42. The van der Waals surface area contributed by atoms with Crippen LogP contribution in [0.4, 0.5) is 4.79 Å². The van der Waals surface area contributed by atoms with E-state index in [1.807, 2.05) is 37.8 Å². The molecule has 0 spiro atoms. The van der Waals surface area contributed by atoms with Crippen molar-refractivity contribution >= 4 is 6.09 Å². The van der Waals surface area contributed by atoms with Gasteiger partial charge in [0.15, 0.2) is 0 Å². The molecule has 0 radical (unpaired) electrons. The van der Waals surface area contributed by atoms with E-state index in [1.165, 1.54) is 5.56 Å². The topological polar surface area (TPSA) is 55.6 Å². The Bertz CT molecular complexity index is 494. The molecule has 4 nitrogen and oxygen atoms in total. The Morgan fingerprint density at radius 3 is 2.86 bits per heavy atom. The van der Waals surface area contributed by atoms with Crippen LogP contribution in [-0.2, 0) is 11.3 Å². The SMILES string of the molecule is CC(C)(C)OC(=O)N1CCCC(c2cccc(CN)c2)C1. The number of hydrogen-bond donors (Lipinski definition) is 1. The van der Waals surface area contributed by atoms with Crippen molar-refractivity contribution in [1.82, 2.24) is 4.90 Å². The van der Waals surface area contributed by atoms with Gasteiger partial charge in [0.05, 0.1) is 0 Å². The minimum atomic E-state index is -0.441. The number of hydrogen-bond acceptors (Lipinski definition) is 3. The van der Waals surface area contributed by atoms with Crippen LogP contribution in [0.25, 0.3) is 0 Å². The Labute approximate surface area is 127 Å². The maximum atomic E-state index is 12.2. The summed E-state index contributed by atoms with van der Waals surface area (Å²) in [6, 6.07) is 8.37. The van der Waals surface area contributed by atoms with Crippen molar-refractivity contribution in [2.45, 2.75) is 51.7 Å². The summed E-state index contributed by atoms with van der Waals surface area (Å²) in [5, 5.41) is 0. The van der Waals surface area contributed by atoms with Crippen molar-refractivity contribution < 1.29 is 9.53 Å². The lowest BCUT2D eigenvalue weighted by molar-refractivity contribution is 0.0198. The second-order valence-corrected chi connectivity index (χ2v) is 6.71. The number of carbonyl (C=O) groups is 1. The molecule has 1 aromatic carbocycles. The third kappa shape index (κ3) is 4.46. The second-order valence-electron chi connectivity index (χ2n) is 6.71. The standard InChI is InChI=1S/C17H26N2O2/c1-17(2,3)21-16(20)19-9-5-8-15(12-19)14-7-4-6-13(10-14)11-18/h4,6-7,10,15H,5,8-9,11-12,18H2,1-3H3. The number of piperidine rings is 1. The fourth-order valence-corrected chi connectivity index (χ4v) is 2.72. The van der Waals surface area contributed by atoms with Crippen LogP contribution in [0.5, 0.6) is 0 Å². The molecule has 116 valence electrons. The summed E-state index contributed by atoms with van der Waals surface area (Å²) in [6.07, 6.45) is 1.91. The van der Waals surface area contributed by atoms with Crippen molar-refractivity contribution in [3.05, 3.63) is 35.4 Å². The zero-order valence-corrected chi connectivity index (χ0v) is 13.3. The molecule has 21 heavy (non-hydrogen) atoms. The van der Waals surface area contributed by atoms with Gasteiger partial charge in [-0.15, -0.1) is 0 Å². The van der Waals surface area contributed by atoms with E-state index in [4.69, 9.17) is 10.5 Å². The first-order valence-electron chi connectivity index (χ1n) is 7.66. The van der Waals surface area contributed by atoms with Gasteiger partial charge in [-0.2, -0.15) is 0 Å². The van der Waals surface area contributed by atoms with Crippen LogP contribution in [0, 0.1) is 0 Å². The van der Waals surface area contributed by atoms with E-state index in [-0.39, 0.29) is 6.09 Å². The first kappa shape index (κ1) is 15.8. The van der Waals surface area contributed by atoms with Crippen LogP contribution in [-0.4, -0.2) is 29.7 Å². The molecule has 0 bridgehead atoms. The lowest BCUT2D eigenvalue weighted by Gasteiger charge is -2.34. The molecule has 2 N–H and O–H groups in total. The zero-order valence-electron chi connectivity index (χ0n) is 13.3. The summed E-state index contributed by atoms with van der Waals surface area (Å²) in [5.74, 6) is 0.373. The van der Waals surface area contributed by atoms with Gasteiger partial charge in [-0.05, 0) is 44.7 Å². The summed E-state index contributed by atoms with van der Waals surface area (Å²) in [5.41, 5.74) is 7.68. The Kier molecular flexibility index (Phi) is 4.88. The second kappa shape index (κ2) is 6.48. The van der Waals surface area contributed by atoms with Crippen molar-refractivity contribution in [3.8, 4) is 0 Å². The molecular formula is C17H26N2O2. The van der Waals surface area contributed by atoms with E-state index in [0.717, 1.165) is 31.5 Å². The van der Waals surface area contributed by atoms with Crippen LogP contribution in [0.1, 0.15) is 50.7 Å². The van der Waals surface area contributed by atoms with Gasteiger partial charge in [-0.25, -0.2) is 4.79 Å². The highest BCUT2D eigenvalue weighted by atomic mass is 16.6. The van der Waals surface area contributed by atoms with Crippen molar-refractivity contribution in [1.29, 1.82) is 0 Å². The van der Waals surface area contributed by atoms with E-state index in [9.17, 15) is 4.79 Å². The van der Waals surface area contributed by atoms with Crippen LogP contribution in [0.15, 0.2) is 24.3 Å². The molecule has 1 unspecified atom stereocenters. The Morgan fingerprint density at radius 2 is 2.19 bits per heavy atom. The predicted molar refractivity (Wildman–Crippen MR) is 84.1 cm³/mol. The maximum Gasteiger partial charge on any atom is 0.410 e. The molecule has 0 saturated carbocycles. The molecule has 1 aliphatic heterocycles. The minimum absolute atomic E-state index is 0.206. The summed E-state index contributed by atoms with van der Waals surface area (Å²) in [4.78, 5) is 14.0. The Balaban J connectivity index is 2.04. The lowest BCUT2D eigenvalue weighted by atomic mass is 9.90. The minimum Gasteiger partial charge on any atom is -0.444 e. The van der Waals surface area contributed by atoms with E-state index in [0.29, 0.717) is 12.5 Å². The molecule has 1 aliphatic rings. The van der Waals surface area contributed by atoms with E-state index in [1.54, 1.807) is 0 Å². The molecule has 1 saturated heterocycles. The first-order valence-corrected chi connectivity index (χ1v) is 7.66. The van der Waals surface area contributed by atoms with Crippen LogP contribution in [0.3, 0.4) is 0 Å². The molecule has 1 aromatic rings. The fraction of sp³-hybridized carbons (Fsp3) is 0.588. The van der Waals surface area contributed by atoms with Crippen LogP contribution >= 0.6 is 0 Å². The van der Waals surface area contributed by atoms with E-state index < -0.39 is 5.60 Å². The number of carbonyl (C=O) groups excluding carboxylic acids is 1. The monoisotopic (exact) mass is 290 g/mol. The molecule has 0 aliphatic carbocycles. The largest absolute Gasteiger partial charge is 0.444 e. The highest BCUT2D eigenvalue weighted by Crippen LogP contribution is 2.28. The molecule has 1 heterocycles. The molecule has 1 amide bonds. The Hall–Kier alpha value is -1.55. The van der Waals surface area contributed by atoms with Gasteiger partial charge in [0.25, 0.3) is 0 Å². The summed E-state index contributed by atoms with van der Waals surface area (Å²) < 4.78 is 5.47. The van der Waals surface area contributed by atoms with Gasteiger partial charge in [-0.1, -0.05) is 24.3 Å². The highest BCUT2D eigenvalue weighted by molar-refractivity contribution is 5.68. The molecule has 1 fully saturated rings. The normalized spacial score (nSPS) is 19.4. The molecule has 4 heteroatoms. The van der Waals surface area contributed by atoms with Crippen LogP contribution < -0.4 is 5.73 Å². The number of benzene rings is 1. The van der Waals surface area contributed by atoms with Gasteiger partial charge < -0.3 is 15.4 Å². The number of nitrogens with zero attached hydrogens (tertiary/aromatic N) is 1. The molecule has 1 atom stereocenters. The predicted octanol–water partition coefficient (Wildman–Crippen LogP) is 3.26. The van der Waals surface area contributed by atoms with E-state index >= 15 is 0 Å². The third-order valence-electron chi connectivity index (χ3n) is 3.73. The number of rotatable bonds is 2. The van der Waals surface area contributed by atoms with Gasteiger partial charge in [0.2, 0.25) is 0 Å². The van der Waals surface area contributed by atoms with Gasteiger partial charge in [0, 0.05) is 25.6 Å². The summed E-state index contributed by atoms with van der Waals surface area (Å²) in [6.45, 7) is 7.76. The van der Waals surface area contributed by atoms with Crippen molar-refractivity contribution in [2.24, 2.45) is 5.73 Å². The summed E-state index contributed by atoms with van der Waals surface area (Å²) in [7, 11) is 0. The van der Waals surface area contributed by atoms with Crippen molar-refractivity contribution in [2.75, 3.05) is 13.1 Å². The molecular weight excluding hydrogens is 264 g/mol. The number of ether oxygens (including phenoxy) is 1.